The van der Waals surface area contributed by atoms with E-state index >= 15 is 0 Å². The first-order chi connectivity index (χ1) is 12.2. The molecule has 0 amide bonds. The second kappa shape index (κ2) is 6.84. The van der Waals surface area contributed by atoms with Gasteiger partial charge >= 0.3 is 6.18 Å². The van der Waals surface area contributed by atoms with Gasteiger partial charge in [-0.2, -0.15) is 22.6 Å². The summed E-state index contributed by atoms with van der Waals surface area (Å²) in [6, 6.07) is 7.43. The maximum absolute atomic E-state index is 12.8. The lowest BCUT2D eigenvalue weighted by molar-refractivity contribution is -0.137. The molecule has 0 spiro atoms. The lowest BCUT2D eigenvalue weighted by Gasteiger charge is -2.34. The van der Waals surface area contributed by atoms with Gasteiger partial charge in [-0.3, -0.25) is 0 Å². The number of halogens is 3. The molecule has 1 aliphatic heterocycles. The second-order valence-corrected chi connectivity index (χ2v) is 7.89. The fourth-order valence-electron chi connectivity index (χ4n) is 2.70. The number of aromatic nitrogens is 2. The molecule has 26 heavy (non-hydrogen) atoms. The Morgan fingerprint density at radius 3 is 2.27 bits per heavy atom. The zero-order valence-corrected chi connectivity index (χ0v) is 14.8. The lowest BCUT2D eigenvalue weighted by Crippen LogP contribution is -2.49. The predicted molar refractivity (Wildman–Crippen MR) is 89.2 cm³/mol. The van der Waals surface area contributed by atoms with Crippen molar-refractivity contribution in [2.24, 2.45) is 0 Å². The van der Waals surface area contributed by atoms with Crippen LogP contribution in [0.4, 0.5) is 19.0 Å². The van der Waals surface area contributed by atoms with Crippen LogP contribution in [0.3, 0.4) is 0 Å². The molecule has 140 valence electrons. The van der Waals surface area contributed by atoms with Gasteiger partial charge in [-0.15, -0.1) is 5.10 Å². The average molecular weight is 386 g/mol. The summed E-state index contributed by atoms with van der Waals surface area (Å²) in [6.45, 7) is 2.91. The topological polar surface area (TPSA) is 66.4 Å². The number of benzene rings is 1. The molecule has 1 aliphatic rings. The average Bonchev–Trinajstić information content (AvgIpc) is 2.62. The van der Waals surface area contributed by atoms with E-state index in [1.807, 2.05) is 17.9 Å². The molecule has 0 radical (unpaired) electrons. The highest BCUT2D eigenvalue weighted by atomic mass is 32.2. The highest BCUT2D eigenvalue weighted by Crippen LogP contribution is 2.31. The summed E-state index contributed by atoms with van der Waals surface area (Å²) in [5, 5.41) is 8.04. The highest BCUT2D eigenvalue weighted by Gasteiger charge is 2.34. The smallest absolute Gasteiger partial charge is 0.352 e. The Bertz CT molecular complexity index is 877. The van der Waals surface area contributed by atoms with Gasteiger partial charge in [-0.05, 0) is 37.3 Å². The molecule has 1 aromatic heterocycles. The van der Waals surface area contributed by atoms with E-state index in [9.17, 15) is 21.6 Å². The van der Waals surface area contributed by atoms with E-state index in [1.165, 1.54) is 10.4 Å². The number of piperazine rings is 1. The molecule has 6 nitrogen and oxygen atoms in total. The van der Waals surface area contributed by atoms with Gasteiger partial charge < -0.3 is 4.90 Å². The Kier molecular flexibility index (Phi) is 4.89. The normalized spacial score (nSPS) is 16.7. The van der Waals surface area contributed by atoms with Crippen LogP contribution in [0.1, 0.15) is 11.3 Å². The first-order valence-corrected chi connectivity index (χ1v) is 9.34. The molecule has 0 saturated carbocycles. The van der Waals surface area contributed by atoms with E-state index in [0.717, 1.165) is 17.8 Å². The van der Waals surface area contributed by atoms with E-state index in [-0.39, 0.29) is 18.0 Å². The number of anilines is 1. The molecule has 0 N–H and O–H groups in total. The van der Waals surface area contributed by atoms with Gasteiger partial charge in [-0.1, -0.05) is 6.07 Å². The summed E-state index contributed by atoms with van der Waals surface area (Å²) < 4.78 is 65.0. The summed E-state index contributed by atoms with van der Waals surface area (Å²) in [6.07, 6.45) is -4.59. The van der Waals surface area contributed by atoms with Gasteiger partial charge in [-0.25, -0.2) is 8.42 Å². The third-order valence-electron chi connectivity index (χ3n) is 4.15. The maximum Gasteiger partial charge on any atom is 0.416 e. The fraction of sp³-hybridized carbons (Fsp3) is 0.375. The summed E-state index contributed by atoms with van der Waals surface area (Å²) in [5.41, 5.74) is -0.202. The molecular formula is C16H17F3N4O2S. The van der Waals surface area contributed by atoms with Crippen LogP contribution >= 0.6 is 0 Å². The van der Waals surface area contributed by atoms with Crippen molar-refractivity contribution >= 4 is 15.8 Å². The fourth-order valence-corrected chi connectivity index (χ4v) is 4.17. The first-order valence-electron chi connectivity index (χ1n) is 7.90. The molecule has 1 aromatic carbocycles. The number of nitrogens with zero attached hydrogens (tertiary/aromatic N) is 4. The van der Waals surface area contributed by atoms with Crippen LogP contribution in [-0.4, -0.2) is 49.1 Å². The maximum atomic E-state index is 12.8. The minimum Gasteiger partial charge on any atom is -0.352 e. The summed E-state index contributed by atoms with van der Waals surface area (Å²) >= 11 is 0. The predicted octanol–water partition coefficient (Wildman–Crippen LogP) is 2.31. The number of rotatable bonds is 3. The monoisotopic (exact) mass is 386 g/mol. The molecule has 1 saturated heterocycles. The van der Waals surface area contributed by atoms with Gasteiger partial charge in [0.25, 0.3) is 0 Å². The van der Waals surface area contributed by atoms with E-state index in [4.69, 9.17) is 0 Å². The van der Waals surface area contributed by atoms with Crippen molar-refractivity contribution in [3.05, 3.63) is 47.7 Å². The molecular weight excluding hydrogens is 369 g/mol. The van der Waals surface area contributed by atoms with Crippen LogP contribution in [0, 0.1) is 6.92 Å². The zero-order valence-electron chi connectivity index (χ0n) is 13.9. The van der Waals surface area contributed by atoms with Crippen LogP contribution in [0.5, 0.6) is 0 Å². The van der Waals surface area contributed by atoms with E-state index < -0.39 is 21.8 Å². The molecule has 0 aliphatic carbocycles. The van der Waals surface area contributed by atoms with Crippen molar-refractivity contribution in [2.75, 3.05) is 31.1 Å². The molecule has 0 bridgehead atoms. The third-order valence-corrected chi connectivity index (χ3v) is 6.04. The molecule has 1 fully saturated rings. The number of alkyl halides is 3. The van der Waals surface area contributed by atoms with Crippen LogP contribution < -0.4 is 4.90 Å². The van der Waals surface area contributed by atoms with Crippen molar-refractivity contribution in [1.82, 2.24) is 14.5 Å². The second-order valence-electron chi connectivity index (χ2n) is 5.95. The molecule has 2 heterocycles. The van der Waals surface area contributed by atoms with Crippen molar-refractivity contribution < 1.29 is 21.6 Å². The molecule has 2 aromatic rings. The van der Waals surface area contributed by atoms with Crippen LogP contribution in [-0.2, 0) is 16.2 Å². The number of hydrogen-bond acceptors (Lipinski definition) is 5. The molecule has 0 unspecified atom stereocenters. The highest BCUT2D eigenvalue weighted by molar-refractivity contribution is 7.89. The van der Waals surface area contributed by atoms with E-state index in [2.05, 4.69) is 10.2 Å². The first kappa shape index (κ1) is 18.6. The van der Waals surface area contributed by atoms with E-state index in [1.54, 1.807) is 6.07 Å². The van der Waals surface area contributed by atoms with Crippen molar-refractivity contribution in [3.63, 3.8) is 0 Å². The van der Waals surface area contributed by atoms with Gasteiger partial charge in [0.1, 0.15) is 0 Å². The van der Waals surface area contributed by atoms with Crippen molar-refractivity contribution in [3.8, 4) is 0 Å². The van der Waals surface area contributed by atoms with Crippen molar-refractivity contribution in [2.45, 2.75) is 18.0 Å². The largest absolute Gasteiger partial charge is 0.416 e. The van der Waals surface area contributed by atoms with E-state index in [0.29, 0.717) is 25.0 Å². The standard InChI is InChI=1S/C16H17F3N4O2S/c1-12-5-6-15(21-20-12)22-7-9-23(10-8-22)26(24,25)14-4-2-3-13(11-14)16(17,18)19/h2-6,11H,7-10H2,1H3. The molecule has 3 rings (SSSR count). The van der Waals surface area contributed by atoms with Gasteiger partial charge in [0.05, 0.1) is 16.2 Å². The Morgan fingerprint density at radius 2 is 1.69 bits per heavy atom. The van der Waals surface area contributed by atoms with Crippen LogP contribution in [0.2, 0.25) is 0 Å². The van der Waals surface area contributed by atoms with Crippen molar-refractivity contribution in [1.29, 1.82) is 0 Å². The van der Waals surface area contributed by atoms with Gasteiger partial charge in [0.15, 0.2) is 5.82 Å². The zero-order chi connectivity index (χ0) is 18.9. The van der Waals surface area contributed by atoms with Gasteiger partial charge in [0, 0.05) is 26.2 Å². The Hall–Kier alpha value is -2.20. The summed E-state index contributed by atoms with van der Waals surface area (Å²) in [7, 11) is -3.99. The summed E-state index contributed by atoms with van der Waals surface area (Å²) in [4.78, 5) is 1.54. The number of sulfonamides is 1. The number of hydrogen-bond donors (Lipinski definition) is 0. The number of aryl methyl sites for hydroxylation is 1. The Morgan fingerprint density at radius 1 is 1.00 bits per heavy atom. The van der Waals surface area contributed by atoms with Crippen LogP contribution in [0.25, 0.3) is 0 Å². The third kappa shape index (κ3) is 3.80. The SMILES string of the molecule is Cc1ccc(N2CCN(S(=O)(=O)c3cccc(C(F)(F)F)c3)CC2)nn1. The molecule has 0 atom stereocenters. The lowest BCUT2D eigenvalue weighted by atomic mass is 10.2. The minimum absolute atomic E-state index is 0.161. The van der Waals surface area contributed by atoms with Gasteiger partial charge in [0.2, 0.25) is 10.0 Å². The Labute approximate surface area is 149 Å². The van der Waals surface area contributed by atoms with Crippen LogP contribution in [0.15, 0.2) is 41.3 Å². The summed E-state index contributed by atoms with van der Waals surface area (Å²) in [5.74, 6) is 0.645. The Balaban J connectivity index is 1.75. The quantitative estimate of drug-likeness (QED) is 0.810. The minimum atomic E-state index is -4.59. The molecule has 10 heteroatoms.